The molecule has 0 fully saturated rings. The van der Waals surface area contributed by atoms with E-state index < -0.39 is 0 Å². The summed E-state index contributed by atoms with van der Waals surface area (Å²) in [7, 11) is 0. The van der Waals surface area contributed by atoms with Crippen LogP contribution in [0.1, 0.15) is 45.6 Å². The Morgan fingerprint density at radius 2 is 1.69 bits per heavy atom. The average Bonchev–Trinajstić information content (AvgIpc) is 2.14. The van der Waals surface area contributed by atoms with E-state index in [1.54, 1.807) is 12.1 Å². The molecule has 1 aromatic carbocycles. The Hall–Kier alpha value is -0.630. The molecular formula is C14H22OS. The van der Waals surface area contributed by atoms with E-state index in [1.807, 2.05) is 12.1 Å². The fraction of sp³-hybridized carbons (Fsp3) is 0.571. The average molecular weight is 238 g/mol. The van der Waals surface area contributed by atoms with Gasteiger partial charge < -0.3 is 5.11 Å². The first-order valence-corrected chi connectivity index (χ1v) is 6.28. The second-order valence-electron chi connectivity index (χ2n) is 5.70. The summed E-state index contributed by atoms with van der Waals surface area (Å²) >= 11 is 4.58. The van der Waals surface area contributed by atoms with Crippen molar-refractivity contribution in [2.24, 2.45) is 5.41 Å². The van der Waals surface area contributed by atoms with Crippen LogP contribution in [0.4, 0.5) is 0 Å². The number of thiol groups is 1. The molecule has 0 aliphatic heterocycles. The van der Waals surface area contributed by atoms with Crippen LogP contribution in [-0.2, 0) is 0 Å². The van der Waals surface area contributed by atoms with Gasteiger partial charge in [0.25, 0.3) is 0 Å². The Balaban J connectivity index is 2.90. The number of rotatable bonds is 3. The fourth-order valence-corrected chi connectivity index (χ4v) is 2.23. The topological polar surface area (TPSA) is 20.2 Å². The van der Waals surface area contributed by atoms with E-state index >= 15 is 0 Å². The quantitative estimate of drug-likeness (QED) is 0.755. The van der Waals surface area contributed by atoms with Gasteiger partial charge in [-0.25, -0.2) is 0 Å². The van der Waals surface area contributed by atoms with Gasteiger partial charge in [0.15, 0.2) is 0 Å². The number of aromatic hydroxyl groups is 1. The zero-order valence-corrected chi connectivity index (χ0v) is 11.5. The first kappa shape index (κ1) is 13.4. The second-order valence-corrected chi connectivity index (χ2v) is 6.52. The number of phenolic OH excluding ortho intramolecular Hbond substituents is 1. The van der Waals surface area contributed by atoms with Crippen LogP contribution in [0.2, 0.25) is 0 Å². The first-order valence-electron chi connectivity index (χ1n) is 5.76. The summed E-state index contributed by atoms with van der Waals surface area (Å²) in [6.07, 6.45) is 1.10. The molecule has 2 heteroatoms. The summed E-state index contributed by atoms with van der Waals surface area (Å²) < 4.78 is 0. The van der Waals surface area contributed by atoms with Gasteiger partial charge in [-0.15, -0.1) is 0 Å². The Morgan fingerprint density at radius 3 is 2.06 bits per heavy atom. The van der Waals surface area contributed by atoms with Crippen molar-refractivity contribution in [1.82, 2.24) is 0 Å². The summed E-state index contributed by atoms with van der Waals surface area (Å²) in [5.41, 5.74) is 1.55. The lowest BCUT2D eigenvalue weighted by Crippen LogP contribution is -2.18. The Morgan fingerprint density at radius 1 is 1.19 bits per heavy atom. The third-order valence-corrected chi connectivity index (χ3v) is 3.10. The lowest BCUT2D eigenvalue weighted by Gasteiger charge is -2.28. The largest absolute Gasteiger partial charge is 0.508 e. The van der Waals surface area contributed by atoms with E-state index in [9.17, 15) is 5.11 Å². The predicted molar refractivity (Wildman–Crippen MR) is 73.4 cm³/mol. The predicted octanol–water partition coefficient (Wildman–Crippen LogP) is 4.23. The molecular weight excluding hydrogens is 216 g/mol. The van der Waals surface area contributed by atoms with E-state index in [2.05, 4.69) is 40.3 Å². The molecule has 1 N–H and O–H groups in total. The van der Waals surface area contributed by atoms with Crippen LogP contribution in [0.25, 0.3) is 0 Å². The van der Waals surface area contributed by atoms with Crippen LogP contribution < -0.4 is 0 Å². The molecule has 0 saturated heterocycles. The lowest BCUT2D eigenvalue weighted by molar-refractivity contribution is 0.338. The standard InChI is InChI=1S/C14H22OS/c1-10(16)13(9-14(2,3)4)11-5-7-12(15)8-6-11/h5-8,10,13,15-16H,9H2,1-4H3. The van der Waals surface area contributed by atoms with Crippen LogP contribution in [-0.4, -0.2) is 10.4 Å². The van der Waals surface area contributed by atoms with Crippen molar-refractivity contribution in [3.05, 3.63) is 29.8 Å². The highest BCUT2D eigenvalue weighted by atomic mass is 32.1. The SMILES string of the molecule is CC(S)C(CC(C)(C)C)c1ccc(O)cc1. The summed E-state index contributed by atoms with van der Waals surface area (Å²) in [6.45, 7) is 8.87. The molecule has 0 amide bonds. The van der Waals surface area contributed by atoms with Gasteiger partial charge in [0, 0.05) is 5.25 Å². The van der Waals surface area contributed by atoms with Crippen molar-refractivity contribution in [1.29, 1.82) is 0 Å². The summed E-state index contributed by atoms with van der Waals surface area (Å²) in [5.74, 6) is 0.758. The molecule has 16 heavy (non-hydrogen) atoms. The van der Waals surface area contributed by atoms with E-state index in [0.717, 1.165) is 6.42 Å². The third kappa shape index (κ3) is 4.09. The van der Waals surface area contributed by atoms with E-state index in [4.69, 9.17) is 0 Å². The van der Waals surface area contributed by atoms with Crippen molar-refractivity contribution in [3.63, 3.8) is 0 Å². The number of hydrogen-bond donors (Lipinski definition) is 2. The van der Waals surface area contributed by atoms with Gasteiger partial charge in [-0.1, -0.05) is 39.8 Å². The zero-order chi connectivity index (χ0) is 12.3. The highest BCUT2D eigenvalue weighted by Crippen LogP contribution is 2.35. The highest BCUT2D eigenvalue weighted by Gasteiger charge is 2.23. The minimum atomic E-state index is 0.291. The minimum absolute atomic E-state index is 0.291. The van der Waals surface area contributed by atoms with Crippen LogP contribution >= 0.6 is 12.6 Å². The van der Waals surface area contributed by atoms with Crippen molar-refractivity contribution in [3.8, 4) is 5.75 Å². The lowest BCUT2D eigenvalue weighted by atomic mass is 9.80. The van der Waals surface area contributed by atoms with Gasteiger partial charge >= 0.3 is 0 Å². The number of benzene rings is 1. The third-order valence-electron chi connectivity index (χ3n) is 2.74. The second kappa shape index (κ2) is 5.13. The molecule has 0 bridgehead atoms. The Bertz CT molecular complexity index is 322. The van der Waals surface area contributed by atoms with Crippen molar-refractivity contribution in [2.45, 2.75) is 45.3 Å². The maximum atomic E-state index is 9.29. The molecule has 0 radical (unpaired) electrons. The monoisotopic (exact) mass is 238 g/mol. The van der Waals surface area contributed by atoms with Crippen LogP contribution in [0, 0.1) is 5.41 Å². The molecule has 2 atom stereocenters. The minimum Gasteiger partial charge on any atom is -0.508 e. The van der Waals surface area contributed by atoms with Crippen molar-refractivity contribution >= 4 is 12.6 Å². The molecule has 0 saturated carbocycles. The molecule has 90 valence electrons. The first-order chi connectivity index (χ1) is 7.29. The van der Waals surface area contributed by atoms with E-state index in [0.29, 0.717) is 22.3 Å². The van der Waals surface area contributed by atoms with Crippen LogP contribution in [0.15, 0.2) is 24.3 Å². The van der Waals surface area contributed by atoms with Gasteiger partial charge in [-0.3, -0.25) is 0 Å². The number of phenols is 1. The highest BCUT2D eigenvalue weighted by molar-refractivity contribution is 7.81. The fourth-order valence-electron chi connectivity index (χ4n) is 1.95. The van der Waals surface area contributed by atoms with Crippen molar-refractivity contribution < 1.29 is 5.11 Å². The smallest absolute Gasteiger partial charge is 0.115 e. The molecule has 0 aromatic heterocycles. The maximum Gasteiger partial charge on any atom is 0.115 e. The Labute approximate surface area is 104 Å². The zero-order valence-electron chi connectivity index (χ0n) is 10.6. The number of hydrogen-bond acceptors (Lipinski definition) is 2. The molecule has 1 nitrogen and oxygen atoms in total. The van der Waals surface area contributed by atoms with Crippen LogP contribution in [0.3, 0.4) is 0 Å². The van der Waals surface area contributed by atoms with Crippen molar-refractivity contribution in [2.75, 3.05) is 0 Å². The summed E-state index contributed by atoms with van der Waals surface area (Å²) in [5, 5.41) is 9.61. The van der Waals surface area contributed by atoms with Crippen LogP contribution in [0.5, 0.6) is 5.75 Å². The van der Waals surface area contributed by atoms with E-state index in [1.165, 1.54) is 5.56 Å². The molecule has 0 spiro atoms. The van der Waals surface area contributed by atoms with Gasteiger partial charge in [0.2, 0.25) is 0 Å². The molecule has 0 aliphatic carbocycles. The molecule has 1 aromatic rings. The van der Waals surface area contributed by atoms with Gasteiger partial charge in [-0.05, 0) is 35.4 Å². The summed E-state index contributed by atoms with van der Waals surface area (Å²) in [6, 6.07) is 7.50. The Kier molecular flexibility index (Phi) is 4.31. The maximum absolute atomic E-state index is 9.29. The molecule has 0 aliphatic rings. The van der Waals surface area contributed by atoms with E-state index in [-0.39, 0.29) is 0 Å². The molecule has 2 unspecified atom stereocenters. The normalized spacial score (nSPS) is 15.8. The summed E-state index contributed by atoms with van der Waals surface area (Å²) in [4.78, 5) is 0. The molecule has 0 heterocycles. The van der Waals surface area contributed by atoms with Gasteiger partial charge in [0.1, 0.15) is 5.75 Å². The van der Waals surface area contributed by atoms with Gasteiger partial charge in [0.05, 0.1) is 0 Å². The molecule has 1 rings (SSSR count). The van der Waals surface area contributed by atoms with Gasteiger partial charge in [-0.2, -0.15) is 12.6 Å².